The number of nitrogens with one attached hydrogen (secondary N) is 1. The average molecular weight is 288 g/mol. The molecule has 0 radical (unpaired) electrons. The zero-order valence-electron chi connectivity index (χ0n) is 11.9. The van der Waals surface area contributed by atoms with Crippen LogP contribution < -0.4 is 11.1 Å². The van der Waals surface area contributed by atoms with Crippen LogP contribution in [0.4, 0.5) is 18.9 Å². The van der Waals surface area contributed by atoms with E-state index in [0.717, 1.165) is 12.1 Å². The summed E-state index contributed by atoms with van der Waals surface area (Å²) in [7, 11) is 0. The van der Waals surface area contributed by atoms with Gasteiger partial charge in [0.15, 0.2) is 0 Å². The number of nitrogens with two attached hydrogens (primary N) is 1. The van der Waals surface area contributed by atoms with Gasteiger partial charge in [-0.3, -0.25) is 4.79 Å². The summed E-state index contributed by atoms with van der Waals surface area (Å²) >= 11 is 0. The second-order valence-electron chi connectivity index (χ2n) is 5.86. The van der Waals surface area contributed by atoms with E-state index in [1.807, 2.05) is 0 Å². The first-order chi connectivity index (χ1) is 8.93. The number of halogens is 3. The third-order valence-corrected chi connectivity index (χ3v) is 3.04. The number of hydrogen-bond acceptors (Lipinski definition) is 2. The van der Waals surface area contributed by atoms with Crippen LogP contribution >= 0.6 is 0 Å². The quantitative estimate of drug-likeness (QED) is 0.877. The fourth-order valence-electron chi connectivity index (χ4n) is 1.54. The number of amides is 1. The Kier molecular flexibility index (Phi) is 4.49. The van der Waals surface area contributed by atoms with Crippen molar-refractivity contribution < 1.29 is 18.0 Å². The van der Waals surface area contributed by atoms with Crippen molar-refractivity contribution in [2.45, 2.75) is 39.9 Å². The molecule has 0 aliphatic carbocycles. The van der Waals surface area contributed by atoms with Crippen molar-refractivity contribution in [1.29, 1.82) is 0 Å². The Morgan fingerprint density at radius 1 is 1.25 bits per heavy atom. The lowest BCUT2D eigenvalue weighted by atomic mass is 9.87. The van der Waals surface area contributed by atoms with E-state index in [1.54, 1.807) is 27.7 Å². The van der Waals surface area contributed by atoms with Gasteiger partial charge >= 0.3 is 6.18 Å². The van der Waals surface area contributed by atoms with E-state index in [-0.39, 0.29) is 5.69 Å². The molecule has 0 aliphatic heterocycles. The van der Waals surface area contributed by atoms with Crippen LogP contribution in [0.2, 0.25) is 0 Å². The molecule has 3 N–H and O–H groups in total. The first kappa shape index (κ1) is 16.5. The Balaban J connectivity index is 3.01. The van der Waals surface area contributed by atoms with Gasteiger partial charge in [-0.15, -0.1) is 0 Å². The number of alkyl halides is 3. The molecule has 1 amide bonds. The molecule has 0 spiro atoms. The van der Waals surface area contributed by atoms with Crippen LogP contribution in [0.5, 0.6) is 0 Å². The summed E-state index contributed by atoms with van der Waals surface area (Å²) < 4.78 is 37.9. The van der Waals surface area contributed by atoms with Crippen molar-refractivity contribution in [3.05, 3.63) is 29.3 Å². The molecule has 0 unspecified atom stereocenters. The van der Waals surface area contributed by atoms with Gasteiger partial charge in [-0.1, -0.05) is 26.8 Å². The first-order valence-electron chi connectivity index (χ1n) is 6.17. The van der Waals surface area contributed by atoms with E-state index >= 15 is 0 Å². The molecule has 1 rings (SSSR count). The minimum atomic E-state index is -4.45. The number of anilines is 1. The Morgan fingerprint density at radius 3 is 2.25 bits per heavy atom. The lowest BCUT2D eigenvalue weighted by molar-refractivity contribution is -0.137. The molecular formula is C14H19F3N2O. The van der Waals surface area contributed by atoms with E-state index in [2.05, 4.69) is 5.32 Å². The molecule has 0 fully saturated rings. The van der Waals surface area contributed by atoms with Gasteiger partial charge in [0.05, 0.1) is 11.6 Å². The normalized spacial score (nSPS) is 14.0. The van der Waals surface area contributed by atoms with Crippen LogP contribution in [0.1, 0.15) is 31.9 Å². The van der Waals surface area contributed by atoms with E-state index < -0.39 is 29.1 Å². The number of carbonyl (C=O) groups is 1. The van der Waals surface area contributed by atoms with Crippen LogP contribution in [0.3, 0.4) is 0 Å². The minimum Gasteiger partial charge on any atom is -0.324 e. The van der Waals surface area contributed by atoms with Crippen LogP contribution in [0, 0.1) is 12.3 Å². The lowest BCUT2D eigenvalue weighted by Crippen LogP contribution is -2.45. The molecule has 0 aromatic heterocycles. The third-order valence-electron chi connectivity index (χ3n) is 3.04. The van der Waals surface area contributed by atoms with E-state index in [9.17, 15) is 18.0 Å². The van der Waals surface area contributed by atoms with E-state index in [0.29, 0.717) is 5.56 Å². The number of rotatable bonds is 2. The summed E-state index contributed by atoms with van der Waals surface area (Å²) in [5.74, 6) is -0.500. The molecule has 1 aromatic carbocycles. The summed E-state index contributed by atoms with van der Waals surface area (Å²) in [5.41, 5.74) is 5.18. The minimum absolute atomic E-state index is 0.129. The predicted octanol–water partition coefficient (Wildman–Crippen LogP) is 3.33. The monoisotopic (exact) mass is 288 g/mol. The summed E-state index contributed by atoms with van der Waals surface area (Å²) in [6.07, 6.45) is -4.45. The molecule has 6 heteroatoms. The van der Waals surface area contributed by atoms with E-state index in [1.165, 1.54) is 6.07 Å². The molecular weight excluding hydrogens is 269 g/mol. The Labute approximate surface area is 116 Å². The smallest absolute Gasteiger partial charge is 0.324 e. The number of aryl methyl sites for hydroxylation is 1. The SMILES string of the molecule is Cc1ccc(C(F)(F)F)cc1NC(=O)[C@@H](N)C(C)(C)C. The van der Waals surface area contributed by atoms with Crippen molar-refractivity contribution in [1.82, 2.24) is 0 Å². The largest absolute Gasteiger partial charge is 0.416 e. The van der Waals surface area contributed by atoms with Crippen molar-refractivity contribution in [2.75, 3.05) is 5.32 Å². The van der Waals surface area contributed by atoms with Crippen LogP contribution in [-0.2, 0) is 11.0 Å². The van der Waals surface area contributed by atoms with E-state index in [4.69, 9.17) is 5.73 Å². The third kappa shape index (κ3) is 3.96. The lowest BCUT2D eigenvalue weighted by Gasteiger charge is -2.26. The second kappa shape index (κ2) is 5.44. The molecule has 0 heterocycles. The molecule has 0 saturated heterocycles. The summed E-state index contributed by atoms with van der Waals surface area (Å²) in [6, 6.07) is 2.41. The predicted molar refractivity (Wildman–Crippen MR) is 72.2 cm³/mol. The first-order valence-corrected chi connectivity index (χ1v) is 6.17. The Bertz CT molecular complexity index is 504. The van der Waals surface area contributed by atoms with Gasteiger partial charge in [-0.25, -0.2) is 0 Å². The number of benzene rings is 1. The molecule has 20 heavy (non-hydrogen) atoms. The highest BCUT2D eigenvalue weighted by molar-refractivity contribution is 5.95. The molecule has 112 valence electrons. The maximum Gasteiger partial charge on any atom is 0.416 e. The van der Waals surface area contributed by atoms with Crippen LogP contribution in [0.15, 0.2) is 18.2 Å². The van der Waals surface area contributed by atoms with Gasteiger partial charge in [0.25, 0.3) is 0 Å². The average Bonchev–Trinajstić information content (AvgIpc) is 2.28. The van der Waals surface area contributed by atoms with Gasteiger partial charge in [-0.05, 0) is 30.0 Å². The molecule has 0 bridgehead atoms. The summed E-state index contributed by atoms with van der Waals surface area (Å²) in [4.78, 5) is 12.0. The molecule has 0 aliphatic rings. The van der Waals surface area contributed by atoms with Crippen LogP contribution in [0.25, 0.3) is 0 Å². The standard InChI is InChI=1S/C14H19F3N2O/c1-8-5-6-9(14(15,16)17)7-10(8)19-12(20)11(18)13(2,3)4/h5-7,11H,18H2,1-4H3,(H,19,20)/t11-/m1/s1. The highest BCUT2D eigenvalue weighted by atomic mass is 19.4. The highest BCUT2D eigenvalue weighted by Crippen LogP contribution is 2.32. The van der Waals surface area contributed by atoms with Crippen molar-refractivity contribution in [2.24, 2.45) is 11.1 Å². The van der Waals surface area contributed by atoms with Gasteiger partial charge in [0.1, 0.15) is 0 Å². The fourth-order valence-corrected chi connectivity index (χ4v) is 1.54. The van der Waals surface area contributed by atoms with Gasteiger partial charge < -0.3 is 11.1 Å². The molecule has 3 nitrogen and oxygen atoms in total. The fraction of sp³-hybridized carbons (Fsp3) is 0.500. The van der Waals surface area contributed by atoms with Gasteiger partial charge in [0, 0.05) is 5.69 Å². The topological polar surface area (TPSA) is 55.1 Å². The zero-order valence-corrected chi connectivity index (χ0v) is 11.9. The number of hydrogen-bond donors (Lipinski definition) is 2. The Hall–Kier alpha value is -1.56. The van der Waals surface area contributed by atoms with Crippen molar-refractivity contribution in [3.8, 4) is 0 Å². The van der Waals surface area contributed by atoms with Crippen LogP contribution in [-0.4, -0.2) is 11.9 Å². The summed E-state index contributed by atoms with van der Waals surface area (Å²) in [5, 5.41) is 2.47. The zero-order chi connectivity index (χ0) is 15.7. The molecule has 1 aromatic rings. The van der Waals surface area contributed by atoms with Gasteiger partial charge in [-0.2, -0.15) is 13.2 Å². The van der Waals surface area contributed by atoms with Gasteiger partial charge in [0.2, 0.25) is 5.91 Å². The van der Waals surface area contributed by atoms with Crippen molar-refractivity contribution in [3.63, 3.8) is 0 Å². The highest BCUT2D eigenvalue weighted by Gasteiger charge is 2.32. The van der Waals surface area contributed by atoms with Crippen molar-refractivity contribution >= 4 is 11.6 Å². The number of carbonyl (C=O) groups excluding carboxylic acids is 1. The Morgan fingerprint density at radius 2 is 1.80 bits per heavy atom. The molecule has 0 saturated carbocycles. The maximum atomic E-state index is 12.6. The summed E-state index contributed by atoms with van der Waals surface area (Å²) in [6.45, 7) is 6.99. The maximum absolute atomic E-state index is 12.6. The second-order valence-corrected chi connectivity index (χ2v) is 5.86. The molecule has 1 atom stereocenters.